The highest BCUT2D eigenvalue weighted by molar-refractivity contribution is 7.26. The van der Waals surface area contributed by atoms with E-state index >= 15 is 0 Å². The van der Waals surface area contributed by atoms with Crippen LogP contribution in [-0.4, -0.2) is 15.0 Å². The smallest absolute Gasteiger partial charge is 0.164 e. The van der Waals surface area contributed by atoms with E-state index in [2.05, 4.69) is 30.3 Å². The lowest BCUT2D eigenvalue weighted by Crippen LogP contribution is -2.00. The lowest BCUT2D eigenvalue weighted by Gasteiger charge is -2.10. The predicted molar refractivity (Wildman–Crippen MR) is 225 cm³/mol. The number of thiophene rings is 1. The fourth-order valence-electron chi connectivity index (χ4n) is 7.13. The zero-order valence-electron chi connectivity index (χ0n) is 37.2. The first-order valence-electron chi connectivity index (χ1n) is 21.8. The molecule has 0 amide bonds. The third kappa shape index (κ3) is 5.09. The van der Waals surface area contributed by atoms with E-state index in [9.17, 15) is 2.74 Å². The lowest BCUT2D eigenvalue weighted by atomic mass is 10.0. The zero-order valence-corrected chi connectivity index (χ0v) is 29.0. The van der Waals surface area contributed by atoms with E-state index in [1.807, 2.05) is 91.0 Å². The predicted octanol–water partition coefficient (Wildman–Crippen LogP) is 13.6. The number of hydrogen-bond donors (Lipinski definition) is 0. The normalized spacial score (nSPS) is 14.0. The van der Waals surface area contributed by atoms with Crippen molar-refractivity contribution in [2.75, 3.05) is 0 Å². The summed E-state index contributed by atoms with van der Waals surface area (Å²) in [4.78, 5) is 14.9. The largest absolute Gasteiger partial charge is 0.455 e. The minimum Gasteiger partial charge on any atom is -0.455 e. The number of furan rings is 1. The molecule has 4 nitrogen and oxygen atoms in total. The SMILES string of the molecule is [2H]c1c([2H])c([2H])c(-c2c([2H])c([2H])c(-c3nc(-c4ccc5oc6c7ccccc7ccc6c5c4)nc(-c4cccc5sc6ccc(-c7ccccc7)cc6c45)n3)c([2H])c2[2H])c([2H])c1[2H]. The van der Waals surface area contributed by atoms with Gasteiger partial charge >= 0.3 is 0 Å². The molecule has 0 aliphatic carbocycles. The average molecular weight is 717 g/mol. The van der Waals surface area contributed by atoms with Gasteiger partial charge < -0.3 is 4.42 Å². The van der Waals surface area contributed by atoms with Crippen molar-refractivity contribution in [3.8, 4) is 56.4 Å². The van der Waals surface area contributed by atoms with Gasteiger partial charge in [-0.25, -0.2) is 15.0 Å². The summed E-state index contributed by atoms with van der Waals surface area (Å²) in [7, 11) is 0. The van der Waals surface area contributed by atoms with Crippen molar-refractivity contribution in [1.29, 1.82) is 0 Å². The summed E-state index contributed by atoms with van der Waals surface area (Å²) in [5.74, 6) is 0.310. The van der Waals surface area contributed by atoms with Crippen molar-refractivity contribution in [2.24, 2.45) is 0 Å². The summed E-state index contributed by atoms with van der Waals surface area (Å²) in [5, 5.41) is 5.62. The molecule has 0 N–H and O–H groups in total. The molecule has 0 radical (unpaired) electrons. The van der Waals surface area contributed by atoms with E-state index < -0.39 is 65.5 Å². The standard InChI is InChI=1S/C49H29N3OS/c1-3-10-30(11-4-1)32-18-20-34(21-19-32)47-50-48(36-23-26-42-40(29-36)38-25-22-33-14-7-8-15-37(33)46(38)53-42)52-49(51-47)39-16-9-17-44-45(39)41-28-35(24-27-43(41)54-44)31-12-5-2-6-13-31/h1-29H/i1D,3D,4D,10D,11D,18D,19D,20D,21D. The van der Waals surface area contributed by atoms with Gasteiger partial charge in [-0.1, -0.05) is 133 Å². The first kappa shape index (κ1) is 22.9. The fourth-order valence-corrected chi connectivity index (χ4v) is 8.24. The second-order valence-corrected chi connectivity index (χ2v) is 14.0. The van der Waals surface area contributed by atoms with E-state index in [0.717, 1.165) is 58.4 Å². The number of rotatable bonds is 5. The molecule has 54 heavy (non-hydrogen) atoms. The van der Waals surface area contributed by atoms with Crippen LogP contribution in [0.15, 0.2) is 180 Å². The van der Waals surface area contributed by atoms with Crippen LogP contribution in [0.2, 0.25) is 0 Å². The lowest BCUT2D eigenvalue weighted by molar-refractivity contribution is 0.672. The molecule has 252 valence electrons. The maximum atomic E-state index is 9.31. The molecule has 0 saturated carbocycles. The van der Waals surface area contributed by atoms with E-state index in [1.54, 1.807) is 11.3 Å². The molecule has 0 aliphatic rings. The van der Waals surface area contributed by atoms with Crippen LogP contribution in [0.4, 0.5) is 0 Å². The van der Waals surface area contributed by atoms with Crippen molar-refractivity contribution in [3.05, 3.63) is 176 Å². The third-order valence-corrected chi connectivity index (χ3v) is 10.8. The van der Waals surface area contributed by atoms with Crippen LogP contribution in [-0.2, 0) is 0 Å². The van der Waals surface area contributed by atoms with Crippen LogP contribution in [0.5, 0.6) is 0 Å². The van der Waals surface area contributed by atoms with Gasteiger partial charge in [0.15, 0.2) is 17.5 Å². The van der Waals surface area contributed by atoms with E-state index in [0.29, 0.717) is 16.7 Å². The molecule has 11 aromatic rings. The van der Waals surface area contributed by atoms with Crippen molar-refractivity contribution < 1.29 is 16.8 Å². The second-order valence-electron chi connectivity index (χ2n) is 12.9. The molecule has 3 heterocycles. The molecular weight excluding hydrogens is 679 g/mol. The number of nitrogens with zero attached hydrogens (tertiary/aromatic N) is 3. The van der Waals surface area contributed by atoms with Gasteiger partial charge in [0, 0.05) is 53.0 Å². The third-order valence-electron chi connectivity index (χ3n) is 9.70. The molecule has 3 aromatic heterocycles. The van der Waals surface area contributed by atoms with Crippen LogP contribution < -0.4 is 0 Å². The minimum absolute atomic E-state index is 0.135. The van der Waals surface area contributed by atoms with E-state index in [4.69, 9.17) is 29.0 Å². The maximum Gasteiger partial charge on any atom is 0.164 e. The van der Waals surface area contributed by atoms with Crippen LogP contribution >= 0.6 is 11.3 Å². The average Bonchev–Trinajstić information content (AvgIpc) is 3.89. The molecule has 0 spiro atoms. The van der Waals surface area contributed by atoms with Gasteiger partial charge in [0.1, 0.15) is 11.2 Å². The van der Waals surface area contributed by atoms with Gasteiger partial charge in [-0.15, -0.1) is 11.3 Å². The number of fused-ring (bicyclic) bond motifs is 8. The van der Waals surface area contributed by atoms with Gasteiger partial charge in [0.25, 0.3) is 0 Å². The van der Waals surface area contributed by atoms with Crippen molar-refractivity contribution >= 4 is 64.2 Å². The van der Waals surface area contributed by atoms with Crippen LogP contribution in [0.3, 0.4) is 0 Å². The number of aromatic nitrogens is 3. The zero-order chi connectivity index (χ0) is 43.4. The van der Waals surface area contributed by atoms with Crippen molar-refractivity contribution in [2.45, 2.75) is 0 Å². The Kier molecular flexibility index (Phi) is 5.22. The minimum atomic E-state index is -0.653. The van der Waals surface area contributed by atoms with Gasteiger partial charge in [0.05, 0.1) is 12.3 Å². The number of hydrogen-bond acceptors (Lipinski definition) is 5. The van der Waals surface area contributed by atoms with E-state index in [-0.39, 0.29) is 23.0 Å². The van der Waals surface area contributed by atoms with Gasteiger partial charge in [-0.3, -0.25) is 0 Å². The molecular formula is C49H29N3OS. The van der Waals surface area contributed by atoms with Gasteiger partial charge in [0.2, 0.25) is 0 Å². The summed E-state index contributed by atoms with van der Waals surface area (Å²) in [5.41, 5.74) is 3.66. The Hall–Kier alpha value is -6.95. The molecule has 5 heteroatoms. The molecule has 0 saturated heterocycles. The monoisotopic (exact) mass is 716 g/mol. The summed E-state index contributed by atoms with van der Waals surface area (Å²) < 4.78 is 87.1. The van der Waals surface area contributed by atoms with Gasteiger partial charge in [-0.05, 0) is 70.1 Å². The fraction of sp³-hybridized carbons (Fsp3) is 0. The molecule has 11 rings (SSSR count). The molecule has 0 atom stereocenters. The Bertz CT molecular complexity index is 3700. The van der Waals surface area contributed by atoms with Crippen LogP contribution in [0, 0.1) is 0 Å². The first-order chi connectivity index (χ1) is 30.5. The summed E-state index contributed by atoms with van der Waals surface area (Å²) in [6.07, 6.45) is 0. The Morgan fingerprint density at radius 2 is 1.17 bits per heavy atom. The quantitative estimate of drug-likeness (QED) is 0.178. The summed E-state index contributed by atoms with van der Waals surface area (Å²) in [6.45, 7) is 0. The first-order valence-corrected chi connectivity index (χ1v) is 18.1. The molecule has 8 aromatic carbocycles. The van der Waals surface area contributed by atoms with Crippen molar-refractivity contribution in [3.63, 3.8) is 0 Å². The van der Waals surface area contributed by atoms with Gasteiger partial charge in [-0.2, -0.15) is 0 Å². The molecule has 0 aliphatic heterocycles. The topological polar surface area (TPSA) is 51.8 Å². The Labute approximate surface area is 327 Å². The Morgan fingerprint density at radius 1 is 0.444 bits per heavy atom. The summed E-state index contributed by atoms with van der Waals surface area (Å²) >= 11 is 1.63. The highest BCUT2D eigenvalue weighted by atomic mass is 32.1. The highest BCUT2D eigenvalue weighted by Gasteiger charge is 2.19. The Morgan fingerprint density at radius 3 is 2.04 bits per heavy atom. The van der Waals surface area contributed by atoms with Crippen LogP contribution in [0.25, 0.3) is 109 Å². The van der Waals surface area contributed by atoms with Crippen LogP contribution in [0.1, 0.15) is 12.3 Å². The molecule has 0 bridgehead atoms. The van der Waals surface area contributed by atoms with Crippen molar-refractivity contribution in [1.82, 2.24) is 15.0 Å². The maximum absolute atomic E-state index is 9.31. The second kappa shape index (κ2) is 12.3. The van der Waals surface area contributed by atoms with E-state index in [1.165, 1.54) is 0 Å². The molecule has 0 unspecified atom stereocenters. The highest BCUT2D eigenvalue weighted by Crippen LogP contribution is 2.42. The molecule has 0 fully saturated rings. The number of benzene rings is 8. The summed E-state index contributed by atoms with van der Waals surface area (Å²) in [6, 6.07) is 34.5. The Balaban J connectivity index is 1.18.